The molecule has 0 aromatic rings. The molecule has 2 rings (SSSR count). The highest BCUT2D eigenvalue weighted by Crippen LogP contribution is 2.10. The lowest BCUT2D eigenvalue weighted by atomic mass is 10.1. The van der Waals surface area contributed by atoms with E-state index in [2.05, 4.69) is 17.3 Å². The van der Waals surface area contributed by atoms with Crippen LogP contribution in [0.1, 0.15) is 34.1 Å². The maximum atomic E-state index is 5.12. The molecular formula is C13H30N2O. The summed E-state index contributed by atoms with van der Waals surface area (Å²) in [5, 5.41) is 3.59. The number of rotatable bonds is 3. The highest BCUT2D eigenvalue weighted by Gasteiger charge is 2.22. The summed E-state index contributed by atoms with van der Waals surface area (Å²) >= 11 is 0. The molecule has 1 N–H and O–H groups in total. The van der Waals surface area contributed by atoms with E-state index in [0.717, 1.165) is 31.7 Å². The van der Waals surface area contributed by atoms with E-state index in [1.165, 1.54) is 19.5 Å². The standard InChI is InChI=1S/C9H18N2O.2C2H6/c1-11-3-2-9(5-11)10-4-8-6-12-7-8;2*1-2/h8-10H,2-7H2,1H3;2*1-2H3. The molecule has 0 spiro atoms. The topological polar surface area (TPSA) is 24.5 Å². The Kier molecular flexibility index (Phi) is 9.99. The summed E-state index contributed by atoms with van der Waals surface area (Å²) in [6, 6.07) is 0.732. The highest BCUT2D eigenvalue weighted by molar-refractivity contribution is 4.80. The van der Waals surface area contributed by atoms with E-state index in [9.17, 15) is 0 Å². The van der Waals surface area contributed by atoms with Crippen molar-refractivity contribution in [3.8, 4) is 0 Å². The van der Waals surface area contributed by atoms with Gasteiger partial charge in [0.15, 0.2) is 0 Å². The largest absolute Gasteiger partial charge is 0.381 e. The van der Waals surface area contributed by atoms with E-state index < -0.39 is 0 Å². The van der Waals surface area contributed by atoms with Crippen LogP contribution in [0.25, 0.3) is 0 Å². The molecule has 3 nitrogen and oxygen atoms in total. The first-order chi connectivity index (χ1) is 7.84. The van der Waals surface area contributed by atoms with Gasteiger partial charge in [0.1, 0.15) is 0 Å². The molecule has 0 saturated carbocycles. The summed E-state index contributed by atoms with van der Waals surface area (Å²) in [7, 11) is 2.19. The Morgan fingerprint density at radius 2 is 1.81 bits per heavy atom. The second-order valence-corrected chi connectivity index (χ2v) is 4.06. The summed E-state index contributed by atoms with van der Waals surface area (Å²) in [5.41, 5.74) is 0. The van der Waals surface area contributed by atoms with Crippen LogP contribution in [0.15, 0.2) is 0 Å². The molecule has 0 aromatic carbocycles. The van der Waals surface area contributed by atoms with Crippen LogP contribution < -0.4 is 5.32 Å². The fraction of sp³-hybridized carbons (Fsp3) is 1.00. The van der Waals surface area contributed by atoms with Gasteiger partial charge in [-0.25, -0.2) is 0 Å². The number of likely N-dealkylation sites (N-methyl/N-ethyl adjacent to an activating group) is 1. The predicted octanol–water partition coefficient (Wildman–Crippen LogP) is 1.98. The minimum Gasteiger partial charge on any atom is -0.381 e. The van der Waals surface area contributed by atoms with Gasteiger partial charge in [-0.05, 0) is 20.0 Å². The van der Waals surface area contributed by atoms with Crippen LogP contribution in [-0.2, 0) is 4.74 Å². The predicted molar refractivity (Wildman–Crippen MR) is 70.9 cm³/mol. The highest BCUT2D eigenvalue weighted by atomic mass is 16.5. The van der Waals surface area contributed by atoms with Crippen LogP contribution in [0.5, 0.6) is 0 Å². The van der Waals surface area contributed by atoms with E-state index in [0.29, 0.717) is 0 Å². The minimum atomic E-state index is 0.732. The van der Waals surface area contributed by atoms with Crippen LogP contribution in [0, 0.1) is 5.92 Å². The normalized spacial score (nSPS) is 24.9. The van der Waals surface area contributed by atoms with Crippen molar-refractivity contribution in [3.05, 3.63) is 0 Å². The number of nitrogens with one attached hydrogen (secondary N) is 1. The Balaban J connectivity index is 0.000000509. The summed E-state index contributed by atoms with van der Waals surface area (Å²) in [6.07, 6.45) is 1.31. The Labute approximate surface area is 102 Å². The summed E-state index contributed by atoms with van der Waals surface area (Å²) in [5.74, 6) is 0.788. The fourth-order valence-electron chi connectivity index (χ4n) is 1.84. The molecule has 0 bridgehead atoms. The minimum absolute atomic E-state index is 0.732. The van der Waals surface area contributed by atoms with Gasteiger partial charge in [-0.2, -0.15) is 0 Å². The monoisotopic (exact) mass is 230 g/mol. The van der Waals surface area contributed by atoms with Crippen molar-refractivity contribution >= 4 is 0 Å². The third-order valence-electron chi connectivity index (χ3n) is 2.79. The number of hydrogen-bond donors (Lipinski definition) is 1. The van der Waals surface area contributed by atoms with Gasteiger partial charge < -0.3 is 15.0 Å². The van der Waals surface area contributed by atoms with Crippen molar-refractivity contribution in [1.82, 2.24) is 10.2 Å². The number of ether oxygens (including phenoxy) is 1. The van der Waals surface area contributed by atoms with Crippen LogP contribution in [0.2, 0.25) is 0 Å². The molecule has 98 valence electrons. The van der Waals surface area contributed by atoms with Crippen molar-refractivity contribution < 1.29 is 4.74 Å². The van der Waals surface area contributed by atoms with Crippen LogP contribution in [0.3, 0.4) is 0 Å². The first-order valence-electron chi connectivity index (χ1n) is 6.84. The van der Waals surface area contributed by atoms with Gasteiger partial charge in [0.2, 0.25) is 0 Å². The molecule has 2 saturated heterocycles. The molecule has 2 heterocycles. The van der Waals surface area contributed by atoms with Gasteiger partial charge in [0.05, 0.1) is 13.2 Å². The molecule has 2 aliphatic rings. The smallest absolute Gasteiger partial charge is 0.0528 e. The number of likely N-dealkylation sites (tertiary alicyclic amines) is 1. The van der Waals surface area contributed by atoms with Gasteiger partial charge in [-0.1, -0.05) is 27.7 Å². The zero-order chi connectivity index (χ0) is 12.4. The molecule has 1 unspecified atom stereocenters. The van der Waals surface area contributed by atoms with Crippen molar-refractivity contribution in [2.75, 3.05) is 39.9 Å². The molecule has 1 atom stereocenters. The van der Waals surface area contributed by atoms with Crippen molar-refractivity contribution in [2.24, 2.45) is 5.92 Å². The third-order valence-corrected chi connectivity index (χ3v) is 2.79. The lowest BCUT2D eigenvalue weighted by Gasteiger charge is -2.27. The van der Waals surface area contributed by atoms with Gasteiger partial charge in [0.25, 0.3) is 0 Å². The molecular weight excluding hydrogens is 200 g/mol. The van der Waals surface area contributed by atoms with E-state index in [-0.39, 0.29) is 0 Å². The van der Waals surface area contributed by atoms with Crippen molar-refractivity contribution in [3.63, 3.8) is 0 Å². The zero-order valence-electron chi connectivity index (χ0n) is 11.8. The van der Waals surface area contributed by atoms with Crippen LogP contribution in [-0.4, -0.2) is 50.8 Å². The SMILES string of the molecule is CC.CC.CN1CCC(NCC2COC2)C1. The van der Waals surface area contributed by atoms with Crippen LogP contribution >= 0.6 is 0 Å². The molecule has 0 radical (unpaired) electrons. The lowest BCUT2D eigenvalue weighted by molar-refractivity contribution is -0.0315. The van der Waals surface area contributed by atoms with E-state index in [4.69, 9.17) is 4.74 Å². The Hall–Kier alpha value is -0.120. The Morgan fingerprint density at radius 3 is 2.19 bits per heavy atom. The molecule has 0 aromatic heterocycles. The maximum absolute atomic E-state index is 5.12. The van der Waals surface area contributed by atoms with E-state index in [1.54, 1.807) is 0 Å². The second-order valence-electron chi connectivity index (χ2n) is 4.06. The van der Waals surface area contributed by atoms with Gasteiger partial charge in [0, 0.05) is 25.0 Å². The quantitative estimate of drug-likeness (QED) is 0.802. The first-order valence-corrected chi connectivity index (χ1v) is 6.84. The second kappa shape index (κ2) is 10.1. The van der Waals surface area contributed by atoms with E-state index >= 15 is 0 Å². The average molecular weight is 230 g/mol. The summed E-state index contributed by atoms with van der Waals surface area (Å²) in [4.78, 5) is 2.38. The molecule has 2 aliphatic heterocycles. The maximum Gasteiger partial charge on any atom is 0.0528 e. The lowest BCUT2D eigenvalue weighted by Crippen LogP contribution is -2.41. The summed E-state index contributed by atoms with van der Waals surface area (Å²) in [6.45, 7) is 13.6. The molecule has 0 aliphatic carbocycles. The Morgan fingerprint density at radius 1 is 1.19 bits per heavy atom. The molecule has 16 heavy (non-hydrogen) atoms. The Bertz CT molecular complexity index is 149. The summed E-state index contributed by atoms with van der Waals surface area (Å²) < 4.78 is 5.12. The van der Waals surface area contributed by atoms with Gasteiger partial charge in [-0.3, -0.25) is 0 Å². The molecule has 3 heteroatoms. The average Bonchev–Trinajstić information content (AvgIpc) is 2.68. The van der Waals surface area contributed by atoms with Gasteiger partial charge >= 0.3 is 0 Å². The fourth-order valence-corrected chi connectivity index (χ4v) is 1.84. The number of nitrogens with zero attached hydrogens (tertiary/aromatic N) is 1. The van der Waals surface area contributed by atoms with Crippen molar-refractivity contribution in [1.29, 1.82) is 0 Å². The van der Waals surface area contributed by atoms with Crippen molar-refractivity contribution in [2.45, 2.75) is 40.2 Å². The van der Waals surface area contributed by atoms with E-state index in [1.807, 2.05) is 27.7 Å². The zero-order valence-corrected chi connectivity index (χ0v) is 11.8. The third kappa shape index (κ3) is 5.83. The van der Waals surface area contributed by atoms with Crippen LogP contribution in [0.4, 0.5) is 0 Å². The molecule has 2 fully saturated rings. The molecule has 0 amide bonds. The van der Waals surface area contributed by atoms with Gasteiger partial charge in [-0.15, -0.1) is 0 Å². The number of hydrogen-bond acceptors (Lipinski definition) is 3. The first kappa shape index (κ1) is 15.9.